The fourth-order valence-corrected chi connectivity index (χ4v) is 2.76. The molecule has 0 heterocycles. The zero-order valence-corrected chi connectivity index (χ0v) is 17.8. The lowest BCUT2D eigenvalue weighted by Gasteiger charge is -2.17. The Bertz CT molecular complexity index is 659. The van der Waals surface area contributed by atoms with E-state index in [1.54, 1.807) is 19.1 Å². The molecular weight excluding hydrogens is 409 g/mol. The van der Waals surface area contributed by atoms with E-state index in [0.29, 0.717) is 22.2 Å². The molecule has 1 aromatic carbocycles. The molecule has 1 aromatic rings. The van der Waals surface area contributed by atoms with Crippen molar-refractivity contribution in [2.24, 2.45) is 0 Å². The third-order valence-corrected chi connectivity index (χ3v) is 4.36. The average molecular weight is 434 g/mol. The highest BCUT2D eigenvalue weighted by molar-refractivity contribution is 7.80. The number of hydrogen-bond donors (Lipinski definition) is 3. The van der Waals surface area contributed by atoms with Crippen LogP contribution in [0.4, 0.5) is 0 Å². The molecule has 0 aliphatic rings. The summed E-state index contributed by atoms with van der Waals surface area (Å²) in [7, 11) is 0. The minimum Gasteiger partial charge on any atom is -0.479 e. The van der Waals surface area contributed by atoms with Crippen LogP contribution in [0.1, 0.15) is 52.4 Å². The van der Waals surface area contributed by atoms with Crippen LogP contribution in [0.3, 0.4) is 0 Å². The molecule has 0 radical (unpaired) electrons. The largest absolute Gasteiger partial charge is 0.479 e. The van der Waals surface area contributed by atoms with Crippen molar-refractivity contribution < 1.29 is 14.3 Å². The van der Waals surface area contributed by atoms with E-state index in [1.807, 2.05) is 0 Å². The first kappa shape index (κ1) is 23.5. The number of amides is 2. The van der Waals surface area contributed by atoms with Gasteiger partial charge in [0, 0.05) is 11.4 Å². The van der Waals surface area contributed by atoms with Crippen molar-refractivity contribution in [1.29, 1.82) is 0 Å². The van der Waals surface area contributed by atoms with E-state index in [0.717, 1.165) is 25.7 Å². The number of hydrazine groups is 1. The number of benzene rings is 1. The fraction of sp³-hybridized carbons (Fsp3) is 0.500. The first-order chi connectivity index (χ1) is 12.8. The van der Waals surface area contributed by atoms with Crippen molar-refractivity contribution in [1.82, 2.24) is 16.2 Å². The second-order valence-corrected chi connectivity index (χ2v) is 7.24. The van der Waals surface area contributed by atoms with Gasteiger partial charge < -0.3 is 10.1 Å². The Kier molecular flexibility index (Phi) is 11.1. The second-order valence-electron chi connectivity index (χ2n) is 5.99. The lowest BCUT2D eigenvalue weighted by atomic mass is 10.1. The van der Waals surface area contributed by atoms with Gasteiger partial charge in [0.05, 0.1) is 5.02 Å². The summed E-state index contributed by atoms with van der Waals surface area (Å²) >= 11 is 16.8. The highest BCUT2D eigenvalue weighted by atomic mass is 35.5. The van der Waals surface area contributed by atoms with Gasteiger partial charge in [-0.3, -0.25) is 20.4 Å². The van der Waals surface area contributed by atoms with Crippen LogP contribution in [0, 0.1) is 0 Å². The Hall–Kier alpha value is -1.57. The van der Waals surface area contributed by atoms with Gasteiger partial charge in [-0.15, -0.1) is 0 Å². The molecule has 0 saturated heterocycles. The number of halogens is 2. The van der Waals surface area contributed by atoms with Crippen LogP contribution in [-0.4, -0.2) is 23.0 Å². The third-order valence-electron chi connectivity index (χ3n) is 3.63. The molecule has 27 heavy (non-hydrogen) atoms. The molecule has 1 rings (SSSR count). The van der Waals surface area contributed by atoms with E-state index < -0.39 is 12.0 Å². The summed E-state index contributed by atoms with van der Waals surface area (Å²) in [6.45, 7) is 3.70. The smallest absolute Gasteiger partial charge is 0.279 e. The molecule has 2 amide bonds. The number of rotatable bonds is 9. The predicted octanol–water partition coefficient (Wildman–Crippen LogP) is 4.14. The van der Waals surface area contributed by atoms with Crippen LogP contribution < -0.4 is 20.9 Å². The third kappa shape index (κ3) is 9.79. The van der Waals surface area contributed by atoms with Crippen molar-refractivity contribution in [3.8, 4) is 5.75 Å². The monoisotopic (exact) mass is 433 g/mol. The van der Waals surface area contributed by atoms with Gasteiger partial charge in [0.25, 0.3) is 5.91 Å². The van der Waals surface area contributed by atoms with Crippen molar-refractivity contribution in [2.45, 2.75) is 58.5 Å². The van der Waals surface area contributed by atoms with Crippen molar-refractivity contribution in [3.63, 3.8) is 0 Å². The molecule has 6 nitrogen and oxygen atoms in total. The van der Waals surface area contributed by atoms with Gasteiger partial charge in [0.15, 0.2) is 11.2 Å². The highest BCUT2D eigenvalue weighted by Gasteiger charge is 2.16. The zero-order valence-electron chi connectivity index (χ0n) is 15.4. The van der Waals surface area contributed by atoms with Gasteiger partial charge in [-0.25, -0.2) is 0 Å². The van der Waals surface area contributed by atoms with Gasteiger partial charge >= 0.3 is 0 Å². The highest BCUT2D eigenvalue weighted by Crippen LogP contribution is 2.28. The van der Waals surface area contributed by atoms with Crippen LogP contribution in [0.2, 0.25) is 10.0 Å². The Morgan fingerprint density at radius 2 is 1.85 bits per heavy atom. The van der Waals surface area contributed by atoms with E-state index in [1.165, 1.54) is 12.5 Å². The van der Waals surface area contributed by atoms with Crippen LogP contribution in [0.5, 0.6) is 5.75 Å². The van der Waals surface area contributed by atoms with Gasteiger partial charge in [-0.05, 0) is 43.8 Å². The fourth-order valence-electron chi connectivity index (χ4n) is 2.14. The summed E-state index contributed by atoms with van der Waals surface area (Å²) in [6, 6.07) is 4.71. The molecular formula is C18H25Cl2N3O3S. The number of carbonyl (C=O) groups is 2. The second kappa shape index (κ2) is 12.8. The van der Waals surface area contributed by atoms with Gasteiger partial charge in [-0.2, -0.15) is 0 Å². The van der Waals surface area contributed by atoms with Gasteiger partial charge in [-0.1, -0.05) is 55.8 Å². The summed E-state index contributed by atoms with van der Waals surface area (Å²) in [6.07, 6.45) is 4.84. The molecule has 1 unspecified atom stereocenters. The number of thiocarbonyl (C=S) groups is 1. The molecule has 0 spiro atoms. The number of nitrogens with one attached hydrogen (secondary N) is 3. The Morgan fingerprint density at radius 3 is 2.52 bits per heavy atom. The van der Waals surface area contributed by atoms with Crippen LogP contribution in [-0.2, 0) is 9.59 Å². The van der Waals surface area contributed by atoms with Crippen molar-refractivity contribution in [3.05, 3.63) is 28.2 Å². The maximum absolute atomic E-state index is 12.0. The van der Waals surface area contributed by atoms with E-state index in [2.05, 4.69) is 23.1 Å². The van der Waals surface area contributed by atoms with E-state index in [-0.39, 0.29) is 11.0 Å². The van der Waals surface area contributed by atoms with E-state index >= 15 is 0 Å². The van der Waals surface area contributed by atoms with E-state index in [4.69, 9.17) is 40.2 Å². The Morgan fingerprint density at radius 1 is 1.15 bits per heavy atom. The van der Waals surface area contributed by atoms with Crippen molar-refractivity contribution in [2.75, 3.05) is 0 Å². The molecule has 0 saturated carbocycles. The average Bonchev–Trinajstić information content (AvgIpc) is 2.61. The molecule has 0 aliphatic heterocycles. The molecule has 150 valence electrons. The van der Waals surface area contributed by atoms with Crippen LogP contribution in [0.15, 0.2) is 18.2 Å². The summed E-state index contributed by atoms with van der Waals surface area (Å²) in [5.41, 5.74) is 4.86. The molecule has 3 N–H and O–H groups in total. The molecule has 0 fully saturated rings. The molecule has 1 atom stereocenters. The predicted molar refractivity (Wildman–Crippen MR) is 112 cm³/mol. The first-order valence-electron chi connectivity index (χ1n) is 8.84. The maximum atomic E-state index is 12.0. The zero-order chi connectivity index (χ0) is 20.2. The minimum atomic E-state index is -0.840. The Balaban J connectivity index is 2.29. The number of carbonyl (C=O) groups excluding carboxylic acids is 2. The molecule has 9 heteroatoms. The minimum absolute atomic E-state index is 0.0265. The molecule has 0 aliphatic carbocycles. The van der Waals surface area contributed by atoms with Gasteiger partial charge in [0.1, 0.15) is 5.75 Å². The van der Waals surface area contributed by atoms with Crippen LogP contribution >= 0.6 is 35.4 Å². The quantitative estimate of drug-likeness (QED) is 0.309. The number of ether oxygens (including phenoxy) is 1. The SMILES string of the molecule is CCCCCCCC(=O)NC(=S)NNC(=O)C(C)Oc1ccc(Cl)cc1Cl. The van der Waals surface area contributed by atoms with Crippen LogP contribution in [0.25, 0.3) is 0 Å². The van der Waals surface area contributed by atoms with Gasteiger partial charge in [0.2, 0.25) is 5.91 Å². The number of unbranched alkanes of at least 4 members (excludes halogenated alkanes) is 4. The molecule has 0 bridgehead atoms. The lowest BCUT2D eigenvalue weighted by molar-refractivity contribution is -0.128. The summed E-state index contributed by atoms with van der Waals surface area (Å²) in [5.74, 6) is -0.324. The molecule has 0 aromatic heterocycles. The number of hydrogen-bond acceptors (Lipinski definition) is 4. The maximum Gasteiger partial charge on any atom is 0.279 e. The van der Waals surface area contributed by atoms with E-state index in [9.17, 15) is 9.59 Å². The first-order valence-corrected chi connectivity index (χ1v) is 10.0. The Labute approximate surface area is 175 Å². The standard InChI is InChI=1S/C18H25Cl2N3O3S/c1-3-4-5-6-7-8-16(24)21-18(27)23-22-17(25)12(2)26-15-10-9-13(19)11-14(15)20/h9-12H,3-8H2,1-2H3,(H,22,25)(H2,21,23,24,27). The summed E-state index contributed by atoms with van der Waals surface area (Å²) < 4.78 is 5.49. The summed E-state index contributed by atoms with van der Waals surface area (Å²) in [4.78, 5) is 23.8. The lowest BCUT2D eigenvalue weighted by Crippen LogP contribution is -2.51. The topological polar surface area (TPSA) is 79.5 Å². The normalized spacial score (nSPS) is 11.4. The van der Waals surface area contributed by atoms with Crippen molar-refractivity contribution >= 4 is 52.3 Å². The summed E-state index contributed by atoms with van der Waals surface area (Å²) in [5, 5.41) is 3.32.